The van der Waals surface area contributed by atoms with E-state index in [1.165, 1.54) is 29.9 Å². The fourth-order valence-electron chi connectivity index (χ4n) is 3.98. The minimum Gasteiger partial charge on any atom is -0.369 e. The lowest BCUT2D eigenvalue weighted by Gasteiger charge is -2.24. The smallest absolute Gasteiger partial charge is 0.248 e. The summed E-state index contributed by atoms with van der Waals surface area (Å²) in [6.07, 6.45) is 2.45. The number of hydrogen-bond donors (Lipinski definition) is 2. The molecule has 1 unspecified atom stereocenters. The van der Waals surface area contributed by atoms with Gasteiger partial charge in [0, 0.05) is 35.1 Å². The summed E-state index contributed by atoms with van der Waals surface area (Å²) in [5.74, 6) is 0.770. The zero-order valence-corrected chi connectivity index (χ0v) is 17.9. The standard InChI is InChI=1S/C23H22N6OS/c1-14-4-3-11-29(14)18-6-2-5-17(12-18)26-22-19-23(31-13-25-19)28-21(27-22)16-9-7-15(8-10-16)20(24)30/h2,5-10,12-14H,3-4,11H2,1H3,(H2,24,30)(H,26,27,28). The first kappa shape index (κ1) is 19.4. The molecule has 1 aliphatic heterocycles. The summed E-state index contributed by atoms with van der Waals surface area (Å²) in [6.45, 7) is 3.35. The quantitative estimate of drug-likeness (QED) is 0.481. The van der Waals surface area contributed by atoms with Crippen molar-refractivity contribution in [1.29, 1.82) is 0 Å². The van der Waals surface area contributed by atoms with Gasteiger partial charge in [0.2, 0.25) is 5.91 Å². The molecule has 1 fully saturated rings. The van der Waals surface area contributed by atoms with Crippen LogP contribution >= 0.6 is 11.3 Å². The number of anilines is 3. The molecule has 0 saturated carbocycles. The summed E-state index contributed by atoms with van der Waals surface area (Å²) in [5, 5.41) is 3.44. The van der Waals surface area contributed by atoms with Crippen LogP contribution in [0, 0.1) is 0 Å². The summed E-state index contributed by atoms with van der Waals surface area (Å²) in [5.41, 5.74) is 11.3. The van der Waals surface area contributed by atoms with E-state index in [-0.39, 0.29) is 0 Å². The molecule has 156 valence electrons. The molecule has 0 bridgehead atoms. The number of carbonyl (C=O) groups is 1. The maximum Gasteiger partial charge on any atom is 0.248 e. The third kappa shape index (κ3) is 3.82. The first-order valence-electron chi connectivity index (χ1n) is 10.2. The minimum absolute atomic E-state index is 0.453. The van der Waals surface area contributed by atoms with Gasteiger partial charge in [-0.25, -0.2) is 15.0 Å². The molecule has 1 amide bonds. The van der Waals surface area contributed by atoms with Crippen LogP contribution in [0.1, 0.15) is 30.1 Å². The number of primary amides is 1. The number of carbonyl (C=O) groups excluding carboxylic acids is 1. The number of nitrogens with zero attached hydrogens (tertiary/aromatic N) is 4. The number of fused-ring (bicyclic) bond motifs is 1. The van der Waals surface area contributed by atoms with Crippen molar-refractivity contribution in [3.05, 3.63) is 59.6 Å². The number of aromatic nitrogens is 3. The normalized spacial score (nSPS) is 16.0. The Hall–Kier alpha value is -3.52. The van der Waals surface area contributed by atoms with Crippen LogP contribution < -0.4 is 16.0 Å². The highest BCUT2D eigenvalue weighted by atomic mass is 32.1. The lowest BCUT2D eigenvalue weighted by molar-refractivity contribution is 0.100. The molecule has 0 aliphatic carbocycles. The van der Waals surface area contributed by atoms with Crippen molar-refractivity contribution in [3.8, 4) is 11.4 Å². The van der Waals surface area contributed by atoms with E-state index in [9.17, 15) is 4.79 Å². The van der Waals surface area contributed by atoms with E-state index in [2.05, 4.69) is 45.3 Å². The van der Waals surface area contributed by atoms with Crippen molar-refractivity contribution in [2.24, 2.45) is 5.73 Å². The largest absolute Gasteiger partial charge is 0.369 e. The van der Waals surface area contributed by atoms with E-state index in [4.69, 9.17) is 10.7 Å². The molecule has 1 saturated heterocycles. The maximum absolute atomic E-state index is 11.4. The molecule has 3 N–H and O–H groups in total. The Morgan fingerprint density at radius 1 is 1.19 bits per heavy atom. The van der Waals surface area contributed by atoms with Crippen LogP contribution in [0.5, 0.6) is 0 Å². The van der Waals surface area contributed by atoms with Crippen LogP contribution in [-0.2, 0) is 0 Å². The molecule has 2 aromatic heterocycles. The van der Waals surface area contributed by atoms with Gasteiger partial charge >= 0.3 is 0 Å². The minimum atomic E-state index is -0.458. The molecule has 0 spiro atoms. The second kappa shape index (κ2) is 7.96. The third-order valence-electron chi connectivity index (χ3n) is 5.62. The first-order chi connectivity index (χ1) is 15.1. The molecule has 7 nitrogen and oxygen atoms in total. The monoisotopic (exact) mass is 430 g/mol. The molecule has 3 heterocycles. The second-order valence-corrected chi connectivity index (χ2v) is 8.54. The highest BCUT2D eigenvalue weighted by Gasteiger charge is 2.21. The van der Waals surface area contributed by atoms with Crippen molar-refractivity contribution in [3.63, 3.8) is 0 Å². The van der Waals surface area contributed by atoms with Gasteiger partial charge in [0.1, 0.15) is 10.3 Å². The molecular formula is C23H22N6OS. The van der Waals surface area contributed by atoms with Crippen LogP contribution in [0.3, 0.4) is 0 Å². The van der Waals surface area contributed by atoms with E-state index < -0.39 is 5.91 Å². The molecule has 31 heavy (non-hydrogen) atoms. The Morgan fingerprint density at radius 2 is 2.03 bits per heavy atom. The summed E-state index contributed by atoms with van der Waals surface area (Å²) < 4.78 is 0. The van der Waals surface area contributed by atoms with Crippen molar-refractivity contribution in [2.45, 2.75) is 25.8 Å². The van der Waals surface area contributed by atoms with E-state index in [1.54, 1.807) is 17.6 Å². The van der Waals surface area contributed by atoms with E-state index in [0.29, 0.717) is 23.2 Å². The van der Waals surface area contributed by atoms with Crippen molar-refractivity contribution < 1.29 is 4.79 Å². The molecule has 8 heteroatoms. The lowest BCUT2D eigenvalue weighted by atomic mass is 10.1. The van der Waals surface area contributed by atoms with Gasteiger partial charge in [0.15, 0.2) is 11.6 Å². The molecule has 4 aromatic rings. The van der Waals surface area contributed by atoms with Gasteiger partial charge in [-0.15, -0.1) is 11.3 Å². The van der Waals surface area contributed by atoms with Gasteiger partial charge < -0.3 is 16.0 Å². The summed E-state index contributed by atoms with van der Waals surface area (Å²) >= 11 is 1.47. The van der Waals surface area contributed by atoms with Crippen LogP contribution in [-0.4, -0.2) is 33.4 Å². The number of benzene rings is 2. The number of rotatable bonds is 5. The average molecular weight is 431 g/mol. The van der Waals surface area contributed by atoms with Crippen LogP contribution in [0.15, 0.2) is 54.0 Å². The zero-order chi connectivity index (χ0) is 21.4. The summed E-state index contributed by atoms with van der Waals surface area (Å²) in [4.78, 5) is 28.5. The van der Waals surface area contributed by atoms with Gasteiger partial charge in [0.05, 0.1) is 5.51 Å². The van der Waals surface area contributed by atoms with Crippen LogP contribution in [0.2, 0.25) is 0 Å². The Bertz CT molecular complexity index is 1250. The maximum atomic E-state index is 11.4. The van der Waals surface area contributed by atoms with Gasteiger partial charge in [-0.2, -0.15) is 0 Å². The van der Waals surface area contributed by atoms with Crippen molar-refractivity contribution in [1.82, 2.24) is 15.0 Å². The fraction of sp³-hybridized carbons (Fsp3) is 0.217. The predicted molar refractivity (Wildman–Crippen MR) is 125 cm³/mol. The Morgan fingerprint density at radius 3 is 2.77 bits per heavy atom. The van der Waals surface area contributed by atoms with E-state index >= 15 is 0 Å². The van der Waals surface area contributed by atoms with Crippen molar-refractivity contribution >= 4 is 44.8 Å². The Labute approximate surface area is 184 Å². The van der Waals surface area contributed by atoms with Gasteiger partial charge in [-0.3, -0.25) is 4.79 Å². The average Bonchev–Trinajstić information content (AvgIpc) is 3.43. The number of thiazole rings is 1. The second-order valence-electron chi connectivity index (χ2n) is 7.70. The highest BCUT2D eigenvalue weighted by molar-refractivity contribution is 7.16. The SMILES string of the molecule is CC1CCCN1c1cccc(Nc2nc(-c3ccc(C(N)=O)cc3)nc3scnc23)c1. The Kier molecular flexibility index (Phi) is 4.99. The summed E-state index contributed by atoms with van der Waals surface area (Å²) in [7, 11) is 0. The zero-order valence-electron chi connectivity index (χ0n) is 17.1. The number of nitrogens with two attached hydrogens (primary N) is 1. The molecule has 1 aliphatic rings. The van der Waals surface area contributed by atoms with Gasteiger partial charge in [-0.05, 0) is 50.1 Å². The van der Waals surface area contributed by atoms with Crippen LogP contribution in [0.25, 0.3) is 21.7 Å². The van der Waals surface area contributed by atoms with Crippen LogP contribution in [0.4, 0.5) is 17.2 Å². The molecule has 1 atom stereocenters. The van der Waals surface area contributed by atoms with E-state index in [1.807, 2.05) is 18.2 Å². The van der Waals surface area contributed by atoms with Gasteiger partial charge in [-0.1, -0.05) is 18.2 Å². The van der Waals surface area contributed by atoms with Gasteiger partial charge in [0.25, 0.3) is 0 Å². The molecule has 2 aromatic carbocycles. The first-order valence-corrected chi connectivity index (χ1v) is 11.1. The third-order valence-corrected chi connectivity index (χ3v) is 6.34. The van der Waals surface area contributed by atoms with E-state index in [0.717, 1.165) is 28.1 Å². The predicted octanol–water partition coefficient (Wildman–Crippen LogP) is 4.58. The van der Waals surface area contributed by atoms with Crippen molar-refractivity contribution in [2.75, 3.05) is 16.8 Å². The Balaban J connectivity index is 1.50. The number of hydrogen-bond acceptors (Lipinski definition) is 7. The molecular weight excluding hydrogens is 408 g/mol. The number of amides is 1. The number of nitrogens with one attached hydrogen (secondary N) is 1. The molecule has 0 radical (unpaired) electrons. The molecule has 5 rings (SSSR count). The fourth-order valence-corrected chi connectivity index (χ4v) is 4.64. The lowest BCUT2D eigenvalue weighted by Crippen LogP contribution is -2.26. The topological polar surface area (TPSA) is 97.0 Å². The highest BCUT2D eigenvalue weighted by Crippen LogP contribution is 2.31. The summed E-state index contributed by atoms with van der Waals surface area (Å²) in [6, 6.07) is 15.9.